The van der Waals surface area contributed by atoms with Crippen molar-refractivity contribution in [3.63, 3.8) is 0 Å². The summed E-state index contributed by atoms with van der Waals surface area (Å²) >= 11 is 0. The van der Waals surface area contributed by atoms with Crippen LogP contribution in [-0.2, 0) is 14.3 Å². The van der Waals surface area contributed by atoms with E-state index >= 15 is 0 Å². The quantitative estimate of drug-likeness (QED) is 0.470. The van der Waals surface area contributed by atoms with Crippen LogP contribution in [0.5, 0.6) is 0 Å². The molecule has 0 saturated carbocycles. The Bertz CT molecular complexity index is 867. The van der Waals surface area contributed by atoms with Crippen LogP contribution < -0.4 is 10.6 Å². The van der Waals surface area contributed by atoms with Gasteiger partial charge in [0.15, 0.2) is 0 Å². The van der Waals surface area contributed by atoms with Crippen molar-refractivity contribution in [3.05, 3.63) is 34.9 Å². The third kappa shape index (κ3) is 7.92. The number of carbonyl (C=O) groups excluding carboxylic acids is 3. The summed E-state index contributed by atoms with van der Waals surface area (Å²) in [6.45, 7) is 14.5. The molecule has 32 heavy (non-hydrogen) atoms. The number of rotatable bonds is 8. The van der Waals surface area contributed by atoms with Gasteiger partial charge in [0.05, 0.1) is 0 Å². The Morgan fingerprint density at radius 3 is 2.28 bits per heavy atom. The number of aryl methyl sites for hydroxylation is 2. The fourth-order valence-corrected chi connectivity index (χ4v) is 3.38. The highest BCUT2D eigenvalue weighted by molar-refractivity contribution is 5.93. The van der Waals surface area contributed by atoms with E-state index in [9.17, 15) is 14.4 Å². The van der Waals surface area contributed by atoms with E-state index in [4.69, 9.17) is 11.2 Å². The number of nitrogens with zero attached hydrogens (tertiary/aromatic N) is 1. The van der Waals surface area contributed by atoms with Gasteiger partial charge < -0.3 is 15.4 Å². The Morgan fingerprint density at radius 2 is 1.78 bits per heavy atom. The van der Waals surface area contributed by atoms with Crippen LogP contribution in [0.4, 0.5) is 4.79 Å². The maximum Gasteiger partial charge on any atom is 0.408 e. The molecule has 0 aliphatic rings. The Morgan fingerprint density at radius 1 is 1.16 bits per heavy atom. The number of amides is 3. The van der Waals surface area contributed by atoms with Crippen molar-refractivity contribution in [3.8, 4) is 12.5 Å². The summed E-state index contributed by atoms with van der Waals surface area (Å²) < 4.78 is 5.22. The minimum Gasteiger partial charge on any atom is -0.444 e. The summed E-state index contributed by atoms with van der Waals surface area (Å²) in [5.41, 5.74) is 1.79. The lowest BCUT2D eigenvalue weighted by Gasteiger charge is -2.31. The third-order valence-corrected chi connectivity index (χ3v) is 4.82. The Kier molecular flexibility index (Phi) is 9.77. The largest absolute Gasteiger partial charge is 0.444 e. The van der Waals surface area contributed by atoms with Crippen LogP contribution >= 0.6 is 0 Å². The first kappa shape index (κ1) is 27.0. The maximum absolute atomic E-state index is 13.3. The zero-order valence-corrected chi connectivity index (χ0v) is 20.5. The lowest BCUT2D eigenvalue weighted by Crippen LogP contribution is -2.51. The summed E-state index contributed by atoms with van der Waals surface area (Å²) in [5.74, 6) is -0.949. The van der Waals surface area contributed by atoms with Crippen LogP contribution in [0.3, 0.4) is 0 Å². The normalized spacial score (nSPS) is 13.8. The molecule has 3 atom stereocenters. The van der Waals surface area contributed by atoms with Gasteiger partial charge in [-0.1, -0.05) is 43.5 Å². The highest BCUT2D eigenvalue weighted by Crippen LogP contribution is 2.26. The second kappa shape index (κ2) is 11.6. The van der Waals surface area contributed by atoms with Crippen LogP contribution in [0.1, 0.15) is 77.1 Å². The predicted molar refractivity (Wildman–Crippen MR) is 126 cm³/mol. The van der Waals surface area contributed by atoms with E-state index in [1.165, 1.54) is 6.92 Å². The van der Waals surface area contributed by atoms with Crippen molar-refractivity contribution >= 4 is 17.9 Å². The molecule has 2 N–H and O–H groups in total. The molecule has 7 nitrogen and oxygen atoms in total. The van der Waals surface area contributed by atoms with E-state index in [-0.39, 0.29) is 11.9 Å². The summed E-state index contributed by atoms with van der Waals surface area (Å²) in [4.78, 5) is 39.7. The summed E-state index contributed by atoms with van der Waals surface area (Å²) in [6, 6.07) is 5.88. The lowest BCUT2D eigenvalue weighted by atomic mass is 9.96. The zero-order valence-electron chi connectivity index (χ0n) is 20.5. The van der Waals surface area contributed by atoms with Gasteiger partial charge in [0, 0.05) is 12.1 Å². The van der Waals surface area contributed by atoms with E-state index < -0.39 is 29.7 Å². The first-order valence-corrected chi connectivity index (χ1v) is 11.0. The van der Waals surface area contributed by atoms with Gasteiger partial charge in [-0.2, -0.15) is 0 Å². The van der Waals surface area contributed by atoms with E-state index in [1.807, 2.05) is 45.9 Å². The number of hydrogen-bond donors (Lipinski definition) is 2. The highest BCUT2D eigenvalue weighted by Gasteiger charge is 2.35. The van der Waals surface area contributed by atoms with E-state index in [2.05, 4.69) is 16.7 Å². The van der Waals surface area contributed by atoms with Crippen LogP contribution in [-0.4, -0.2) is 40.5 Å². The molecule has 1 aromatic carbocycles. The first-order chi connectivity index (χ1) is 14.8. The fourth-order valence-electron chi connectivity index (χ4n) is 3.38. The van der Waals surface area contributed by atoms with Gasteiger partial charge in [0.1, 0.15) is 17.7 Å². The number of ether oxygens (including phenoxy) is 1. The predicted octanol–water partition coefficient (Wildman–Crippen LogP) is 3.98. The minimum absolute atomic E-state index is 0.0761. The number of hydrogen-bond acceptors (Lipinski definition) is 4. The topological polar surface area (TPSA) is 87.7 Å². The molecule has 0 aliphatic heterocycles. The molecule has 0 spiro atoms. The van der Waals surface area contributed by atoms with E-state index in [0.29, 0.717) is 5.56 Å². The molecule has 7 heteroatoms. The average Bonchev–Trinajstić information content (AvgIpc) is 2.64. The number of benzene rings is 1. The number of nitrogens with one attached hydrogen (secondary N) is 2. The summed E-state index contributed by atoms with van der Waals surface area (Å²) in [6.07, 6.45) is 6.69. The summed E-state index contributed by atoms with van der Waals surface area (Å²) in [7, 11) is 0. The molecule has 0 aliphatic carbocycles. The Balaban J connectivity index is 3.27. The summed E-state index contributed by atoms with van der Waals surface area (Å²) in [5, 5.41) is 5.46. The van der Waals surface area contributed by atoms with Crippen molar-refractivity contribution in [2.45, 2.75) is 92.0 Å². The SMILES string of the molecule is C#CN(C(=O)C(C)NC(=O)OC(C)(C)C)C(C(=O)NC(C)CCC)c1ccc(C)cc1C. The Labute approximate surface area is 192 Å². The molecule has 1 aromatic rings. The van der Waals surface area contributed by atoms with Crippen molar-refractivity contribution in [2.24, 2.45) is 0 Å². The van der Waals surface area contributed by atoms with Gasteiger partial charge in [-0.25, -0.2) is 4.79 Å². The van der Waals surface area contributed by atoms with Crippen LogP contribution in [0, 0.1) is 26.3 Å². The van der Waals surface area contributed by atoms with Crippen LogP contribution in [0.15, 0.2) is 18.2 Å². The van der Waals surface area contributed by atoms with Crippen molar-refractivity contribution in [1.82, 2.24) is 15.5 Å². The van der Waals surface area contributed by atoms with Gasteiger partial charge in [-0.05, 0) is 66.0 Å². The highest BCUT2D eigenvalue weighted by atomic mass is 16.6. The standard InChI is InChI=1S/C25H37N3O4/c1-10-12-18(5)26-22(29)21(20-14-13-16(3)15-17(20)4)28(11-2)23(30)19(6)27-24(31)32-25(7,8)9/h2,13-15,18-19,21H,10,12H2,1,3-9H3,(H,26,29)(H,27,31). The smallest absolute Gasteiger partial charge is 0.408 e. The molecule has 0 radical (unpaired) electrons. The third-order valence-electron chi connectivity index (χ3n) is 4.82. The lowest BCUT2D eigenvalue weighted by molar-refractivity contribution is -0.138. The van der Waals surface area contributed by atoms with E-state index in [1.54, 1.807) is 20.8 Å². The molecule has 3 unspecified atom stereocenters. The Hall–Kier alpha value is -3.01. The molecule has 0 fully saturated rings. The van der Waals surface area contributed by atoms with Crippen LogP contribution in [0.25, 0.3) is 0 Å². The zero-order chi connectivity index (χ0) is 24.6. The number of carbonyl (C=O) groups is 3. The molecule has 0 heterocycles. The van der Waals surface area contributed by atoms with Crippen LogP contribution in [0.2, 0.25) is 0 Å². The molecule has 0 aromatic heterocycles. The molecular formula is C25H37N3O4. The molecule has 3 amide bonds. The number of alkyl carbamates (subject to hydrolysis) is 1. The monoisotopic (exact) mass is 443 g/mol. The first-order valence-electron chi connectivity index (χ1n) is 11.0. The minimum atomic E-state index is -1.03. The van der Waals surface area contributed by atoms with Gasteiger partial charge in [-0.3, -0.25) is 14.5 Å². The maximum atomic E-state index is 13.3. The van der Waals surface area contributed by atoms with Gasteiger partial charge in [0.25, 0.3) is 5.91 Å². The van der Waals surface area contributed by atoms with Crippen molar-refractivity contribution in [2.75, 3.05) is 0 Å². The van der Waals surface area contributed by atoms with Gasteiger partial charge in [-0.15, -0.1) is 0 Å². The number of terminal acetylenes is 1. The molecule has 176 valence electrons. The van der Waals surface area contributed by atoms with Gasteiger partial charge in [0.2, 0.25) is 5.91 Å². The fraction of sp³-hybridized carbons (Fsp3) is 0.560. The van der Waals surface area contributed by atoms with Crippen molar-refractivity contribution < 1.29 is 19.1 Å². The molecule has 1 rings (SSSR count). The van der Waals surface area contributed by atoms with Crippen molar-refractivity contribution in [1.29, 1.82) is 0 Å². The second-order valence-electron chi connectivity index (χ2n) is 9.17. The second-order valence-corrected chi connectivity index (χ2v) is 9.17. The van der Waals surface area contributed by atoms with E-state index in [0.717, 1.165) is 28.9 Å². The molecule has 0 bridgehead atoms. The van der Waals surface area contributed by atoms with Gasteiger partial charge >= 0.3 is 6.09 Å². The average molecular weight is 444 g/mol. The molecule has 0 saturated heterocycles. The molecular weight excluding hydrogens is 406 g/mol.